The standard InChI is InChI=1S/C10H8ClFOS/c1-2-13-10-9(11)7-4-3-6(12)5-8(7)14-10/h3-5H,2H2,1H3. The molecule has 14 heavy (non-hydrogen) atoms. The summed E-state index contributed by atoms with van der Waals surface area (Å²) in [5.41, 5.74) is 0. The molecule has 0 aliphatic heterocycles. The van der Waals surface area contributed by atoms with Crippen LogP contribution in [0.25, 0.3) is 10.1 Å². The molecule has 0 atom stereocenters. The van der Waals surface area contributed by atoms with Gasteiger partial charge in [0, 0.05) is 10.1 Å². The molecule has 4 heteroatoms. The molecule has 0 amide bonds. The Hall–Kier alpha value is -0.800. The fraction of sp³-hybridized carbons (Fsp3) is 0.200. The maximum Gasteiger partial charge on any atom is 0.193 e. The molecule has 1 heterocycles. The summed E-state index contributed by atoms with van der Waals surface area (Å²) in [4.78, 5) is 0. The predicted molar refractivity (Wildman–Crippen MR) is 58.0 cm³/mol. The highest BCUT2D eigenvalue weighted by atomic mass is 35.5. The number of rotatable bonds is 2. The minimum Gasteiger partial charge on any atom is -0.483 e. The highest BCUT2D eigenvalue weighted by molar-refractivity contribution is 7.21. The van der Waals surface area contributed by atoms with Crippen molar-refractivity contribution < 1.29 is 9.13 Å². The van der Waals surface area contributed by atoms with E-state index < -0.39 is 0 Å². The van der Waals surface area contributed by atoms with Crippen LogP contribution < -0.4 is 4.74 Å². The molecule has 2 aromatic rings. The van der Waals surface area contributed by atoms with E-state index in [1.165, 1.54) is 23.5 Å². The van der Waals surface area contributed by atoms with Crippen LogP contribution >= 0.6 is 22.9 Å². The minimum absolute atomic E-state index is 0.251. The molecule has 0 aliphatic rings. The smallest absolute Gasteiger partial charge is 0.193 e. The summed E-state index contributed by atoms with van der Waals surface area (Å²) in [5.74, 6) is -0.251. The monoisotopic (exact) mass is 230 g/mol. The number of fused-ring (bicyclic) bond motifs is 1. The lowest BCUT2D eigenvalue weighted by Gasteiger charge is -1.97. The van der Waals surface area contributed by atoms with Crippen molar-refractivity contribution >= 4 is 33.0 Å². The molecule has 0 spiro atoms. The van der Waals surface area contributed by atoms with Crippen molar-refractivity contribution in [3.05, 3.63) is 29.0 Å². The van der Waals surface area contributed by atoms with Gasteiger partial charge in [0.05, 0.1) is 6.61 Å². The average molecular weight is 231 g/mol. The number of ether oxygens (including phenoxy) is 1. The van der Waals surface area contributed by atoms with Crippen molar-refractivity contribution in [3.8, 4) is 5.06 Å². The maximum atomic E-state index is 12.9. The lowest BCUT2D eigenvalue weighted by Crippen LogP contribution is -1.87. The predicted octanol–water partition coefficient (Wildman–Crippen LogP) is 4.09. The molecule has 0 fully saturated rings. The SMILES string of the molecule is CCOc1sc2cc(F)ccc2c1Cl. The van der Waals surface area contributed by atoms with Crippen LogP contribution in [-0.2, 0) is 0 Å². The van der Waals surface area contributed by atoms with Crippen molar-refractivity contribution in [2.75, 3.05) is 6.61 Å². The van der Waals surface area contributed by atoms with Crippen LogP contribution in [0.3, 0.4) is 0 Å². The van der Waals surface area contributed by atoms with E-state index in [1.807, 2.05) is 6.92 Å². The molecule has 0 unspecified atom stereocenters. The molecule has 0 aliphatic carbocycles. The summed E-state index contributed by atoms with van der Waals surface area (Å²) in [6.45, 7) is 2.45. The van der Waals surface area contributed by atoms with Crippen LogP contribution in [0.2, 0.25) is 5.02 Å². The van der Waals surface area contributed by atoms with E-state index in [0.717, 1.165) is 10.1 Å². The number of halogens is 2. The van der Waals surface area contributed by atoms with Gasteiger partial charge in [-0.2, -0.15) is 0 Å². The zero-order valence-electron chi connectivity index (χ0n) is 7.51. The van der Waals surface area contributed by atoms with Crippen LogP contribution in [0.1, 0.15) is 6.92 Å². The summed E-state index contributed by atoms with van der Waals surface area (Å²) in [7, 11) is 0. The van der Waals surface area contributed by atoms with Gasteiger partial charge in [0.25, 0.3) is 0 Å². The van der Waals surface area contributed by atoms with Crippen LogP contribution in [-0.4, -0.2) is 6.61 Å². The second kappa shape index (κ2) is 3.75. The van der Waals surface area contributed by atoms with Gasteiger partial charge in [0.2, 0.25) is 0 Å². The topological polar surface area (TPSA) is 9.23 Å². The van der Waals surface area contributed by atoms with Gasteiger partial charge in [-0.3, -0.25) is 0 Å². The van der Waals surface area contributed by atoms with E-state index >= 15 is 0 Å². The second-order valence-corrected chi connectivity index (χ2v) is 4.17. The first-order valence-electron chi connectivity index (χ1n) is 4.22. The van der Waals surface area contributed by atoms with Crippen molar-refractivity contribution in [2.24, 2.45) is 0 Å². The van der Waals surface area contributed by atoms with Gasteiger partial charge in [-0.05, 0) is 25.1 Å². The van der Waals surface area contributed by atoms with E-state index in [-0.39, 0.29) is 5.82 Å². The largest absolute Gasteiger partial charge is 0.483 e. The lowest BCUT2D eigenvalue weighted by molar-refractivity contribution is 0.351. The Morgan fingerprint density at radius 1 is 1.50 bits per heavy atom. The third kappa shape index (κ3) is 1.57. The van der Waals surface area contributed by atoms with Gasteiger partial charge in [0.1, 0.15) is 10.8 Å². The fourth-order valence-electron chi connectivity index (χ4n) is 1.24. The van der Waals surface area contributed by atoms with Crippen LogP contribution in [0.4, 0.5) is 4.39 Å². The number of hydrogen-bond acceptors (Lipinski definition) is 2. The highest BCUT2D eigenvalue weighted by Gasteiger charge is 2.11. The van der Waals surface area contributed by atoms with Gasteiger partial charge in [-0.25, -0.2) is 4.39 Å². The van der Waals surface area contributed by atoms with Gasteiger partial charge < -0.3 is 4.74 Å². The molecular weight excluding hydrogens is 223 g/mol. The summed E-state index contributed by atoms with van der Waals surface area (Å²) >= 11 is 7.42. The van der Waals surface area contributed by atoms with E-state index in [9.17, 15) is 4.39 Å². The van der Waals surface area contributed by atoms with Gasteiger partial charge in [-0.15, -0.1) is 0 Å². The first kappa shape index (κ1) is 9.74. The molecule has 0 saturated carbocycles. The van der Waals surface area contributed by atoms with Crippen molar-refractivity contribution in [1.82, 2.24) is 0 Å². The van der Waals surface area contributed by atoms with Crippen LogP contribution in [0.5, 0.6) is 5.06 Å². The van der Waals surface area contributed by atoms with Crippen LogP contribution in [0.15, 0.2) is 18.2 Å². The van der Waals surface area contributed by atoms with E-state index in [2.05, 4.69) is 0 Å². The van der Waals surface area contributed by atoms with E-state index in [4.69, 9.17) is 16.3 Å². The Kier molecular flexibility index (Phi) is 2.61. The normalized spacial score (nSPS) is 10.8. The number of benzene rings is 1. The summed E-state index contributed by atoms with van der Waals surface area (Å²) in [6.07, 6.45) is 0. The maximum absolute atomic E-state index is 12.9. The highest BCUT2D eigenvalue weighted by Crippen LogP contribution is 2.41. The molecule has 0 radical (unpaired) electrons. The Balaban J connectivity index is 2.61. The summed E-state index contributed by atoms with van der Waals surface area (Å²) < 4.78 is 19.0. The van der Waals surface area contributed by atoms with E-state index in [1.54, 1.807) is 6.07 Å². The second-order valence-electron chi connectivity index (χ2n) is 2.78. The van der Waals surface area contributed by atoms with Crippen molar-refractivity contribution in [2.45, 2.75) is 6.92 Å². The molecule has 0 N–H and O–H groups in total. The summed E-state index contributed by atoms with van der Waals surface area (Å²) in [5, 5.41) is 2.09. The molecule has 1 aromatic carbocycles. The third-order valence-electron chi connectivity index (χ3n) is 1.84. The zero-order valence-corrected chi connectivity index (χ0v) is 9.08. The number of hydrogen-bond donors (Lipinski definition) is 0. The quantitative estimate of drug-likeness (QED) is 0.755. The zero-order chi connectivity index (χ0) is 10.1. The molecule has 74 valence electrons. The molecular formula is C10H8ClFOS. The van der Waals surface area contributed by atoms with Crippen LogP contribution in [0, 0.1) is 5.82 Å². The van der Waals surface area contributed by atoms with Crippen molar-refractivity contribution in [1.29, 1.82) is 0 Å². The van der Waals surface area contributed by atoms with Gasteiger partial charge >= 0.3 is 0 Å². The molecule has 1 aromatic heterocycles. The Labute approximate surface area is 90.1 Å². The molecule has 2 rings (SSSR count). The molecule has 0 bridgehead atoms. The Morgan fingerprint density at radius 3 is 3.00 bits per heavy atom. The van der Waals surface area contributed by atoms with Gasteiger partial charge in [-0.1, -0.05) is 22.9 Å². The van der Waals surface area contributed by atoms with E-state index in [0.29, 0.717) is 16.7 Å². The fourth-order valence-corrected chi connectivity index (χ4v) is 2.66. The third-order valence-corrected chi connectivity index (χ3v) is 3.39. The molecule has 0 saturated heterocycles. The number of thiophene rings is 1. The minimum atomic E-state index is -0.251. The molecule has 1 nitrogen and oxygen atoms in total. The Bertz CT molecular complexity index is 466. The average Bonchev–Trinajstić information content (AvgIpc) is 2.44. The first-order chi connectivity index (χ1) is 6.72. The summed E-state index contributed by atoms with van der Waals surface area (Å²) in [6, 6.07) is 4.54. The lowest BCUT2D eigenvalue weighted by atomic mass is 10.2. The van der Waals surface area contributed by atoms with Gasteiger partial charge in [0.15, 0.2) is 5.06 Å². The van der Waals surface area contributed by atoms with Crippen molar-refractivity contribution in [3.63, 3.8) is 0 Å². The Morgan fingerprint density at radius 2 is 2.29 bits per heavy atom. The first-order valence-corrected chi connectivity index (χ1v) is 5.42.